The maximum absolute atomic E-state index is 11.0. The summed E-state index contributed by atoms with van der Waals surface area (Å²) in [5, 5.41) is 22.9. The van der Waals surface area contributed by atoms with E-state index in [1.165, 1.54) is 13.2 Å². The number of nitrogens with one attached hydrogen (secondary N) is 1. The average molecular weight is 286 g/mol. The second-order valence-corrected chi connectivity index (χ2v) is 4.45. The second-order valence-electron chi connectivity index (χ2n) is 4.45. The van der Waals surface area contributed by atoms with Crippen molar-refractivity contribution >= 4 is 11.4 Å². The standard InChI is InChI=1S/C14H14N4O3/c1-17-9-10(5-12(17)7-15)8-16-11-3-4-14(21-2)13(6-11)18(19)20/h3-6,9,16H,8H2,1-2H3. The van der Waals surface area contributed by atoms with Crippen molar-refractivity contribution in [2.45, 2.75) is 6.54 Å². The summed E-state index contributed by atoms with van der Waals surface area (Å²) in [4.78, 5) is 10.5. The van der Waals surface area contributed by atoms with E-state index in [1.54, 1.807) is 29.8 Å². The molecule has 2 aromatic rings. The summed E-state index contributed by atoms with van der Waals surface area (Å²) in [7, 11) is 3.18. The normalized spacial score (nSPS) is 9.95. The van der Waals surface area contributed by atoms with Gasteiger partial charge in [-0.1, -0.05) is 0 Å². The van der Waals surface area contributed by atoms with E-state index in [0.717, 1.165) is 5.56 Å². The van der Waals surface area contributed by atoms with Crippen molar-refractivity contribution in [3.8, 4) is 11.8 Å². The van der Waals surface area contributed by atoms with Gasteiger partial charge in [-0.05, 0) is 23.8 Å². The molecular weight excluding hydrogens is 272 g/mol. The molecule has 21 heavy (non-hydrogen) atoms. The van der Waals surface area contributed by atoms with Crippen molar-refractivity contribution in [2.24, 2.45) is 7.05 Å². The quantitative estimate of drug-likeness (QED) is 0.673. The molecule has 2 rings (SSSR count). The largest absolute Gasteiger partial charge is 0.490 e. The monoisotopic (exact) mass is 286 g/mol. The van der Waals surface area contributed by atoms with Crippen molar-refractivity contribution in [3.05, 3.63) is 51.8 Å². The Balaban J connectivity index is 2.14. The minimum Gasteiger partial charge on any atom is -0.490 e. The zero-order valence-corrected chi connectivity index (χ0v) is 11.7. The van der Waals surface area contributed by atoms with Crippen LogP contribution in [-0.2, 0) is 13.6 Å². The lowest BCUT2D eigenvalue weighted by Gasteiger charge is -2.07. The Morgan fingerprint density at radius 3 is 2.81 bits per heavy atom. The molecule has 0 atom stereocenters. The number of nitrogens with zero attached hydrogens (tertiary/aromatic N) is 3. The van der Waals surface area contributed by atoms with Crippen LogP contribution >= 0.6 is 0 Å². The van der Waals surface area contributed by atoms with E-state index in [9.17, 15) is 10.1 Å². The third kappa shape index (κ3) is 3.12. The fraction of sp³-hybridized carbons (Fsp3) is 0.214. The maximum atomic E-state index is 11.0. The van der Waals surface area contributed by atoms with Crippen LogP contribution in [0.3, 0.4) is 0 Å². The molecule has 0 saturated heterocycles. The lowest BCUT2D eigenvalue weighted by molar-refractivity contribution is -0.385. The molecule has 0 spiro atoms. The molecule has 0 bridgehead atoms. The van der Waals surface area contributed by atoms with Gasteiger partial charge >= 0.3 is 5.69 Å². The first-order chi connectivity index (χ1) is 10.0. The summed E-state index contributed by atoms with van der Waals surface area (Å²) in [5.74, 6) is 0.219. The van der Waals surface area contributed by atoms with Crippen LogP contribution in [0.5, 0.6) is 5.75 Å². The Labute approximate surface area is 121 Å². The van der Waals surface area contributed by atoms with Gasteiger partial charge in [0.15, 0.2) is 5.75 Å². The van der Waals surface area contributed by atoms with Crippen molar-refractivity contribution in [1.82, 2.24) is 4.57 Å². The van der Waals surface area contributed by atoms with E-state index in [4.69, 9.17) is 10.00 Å². The number of hydrogen-bond donors (Lipinski definition) is 1. The van der Waals surface area contributed by atoms with E-state index >= 15 is 0 Å². The van der Waals surface area contributed by atoms with Crippen LogP contribution in [0, 0.1) is 21.4 Å². The number of anilines is 1. The lowest BCUT2D eigenvalue weighted by atomic mass is 10.2. The minimum atomic E-state index is -0.486. The van der Waals surface area contributed by atoms with Crippen LogP contribution in [0.1, 0.15) is 11.3 Å². The molecule has 0 radical (unpaired) electrons. The van der Waals surface area contributed by atoms with Gasteiger partial charge < -0.3 is 14.6 Å². The smallest absolute Gasteiger partial charge is 0.312 e. The summed E-state index contributed by atoms with van der Waals surface area (Å²) in [6.07, 6.45) is 1.84. The van der Waals surface area contributed by atoms with Gasteiger partial charge in [-0.15, -0.1) is 0 Å². The Kier molecular flexibility index (Phi) is 4.09. The molecule has 0 aliphatic carbocycles. The van der Waals surface area contributed by atoms with Gasteiger partial charge in [-0.2, -0.15) is 5.26 Å². The fourth-order valence-electron chi connectivity index (χ4n) is 1.99. The van der Waals surface area contributed by atoms with E-state index < -0.39 is 4.92 Å². The Hall–Kier alpha value is -3.01. The first-order valence-electron chi connectivity index (χ1n) is 6.16. The molecule has 0 aliphatic heterocycles. The number of nitro benzene ring substituents is 1. The van der Waals surface area contributed by atoms with Gasteiger partial charge in [0.2, 0.25) is 0 Å². The van der Waals surface area contributed by atoms with Gasteiger partial charge in [0, 0.05) is 31.5 Å². The molecule has 0 fully saturated rings. The zero-order valence-electron chi connectivity index (χ0n) is 11.7. The van der Waals surface area contributed by atoms with Gasteiger partial charge in [0.25, 0.3) is 0 Å². The van der Waals surface area contributed by atoms with Crippen molar-refractivity contribution in [3.63, 3.8) is 0 Å². The van der Waals surface area contributed by atoms with Crippen LogP contribution in [0.25, 0.3) is 0 Å². The molecular formula is C14H14N4O3. The topological polar surface area (TPSA) is 93.1 Å². The Bertz CT molecular complexity index is 715. The highest BCUT2D eigenvalue weighted by molar-refractivity contribution is 5.58. The number of nitro groups is 1. The van der Waals surface area contributed by atoms with Crippen LogP contribution in [-0.4, -0.2) is 16.6 Å². The van der Waals surface area contributed by atoms with E-state index in [1.807, 2.05) is 6.20 Å². The fourth-order valence-corrected chi connectivity index (χ4v) is 1.99. The highest BCUT2D eigenvalue weighted by atomic mass is 16.6. The molecule has 108 valence electrons. The zero-order chi connectivity index (χ0) is 15.4. The predicted octanol–water partition coefficient (Wildman–Crippen LogP) is 2.43. The summed E-state index contributed by atoms with van der Waals surface area (Å²) < 4.78 is 6.68. The Morgan fingerprint density at radius 1 is 1.48 bits per heavy atom. The van der Waals surface area contributed by atoms with Crippen LogP contribution in [0.2, 0.25) is 0 Å². The van der Waals surface area contributed by atoms with Gasteiger partial charge in [-0.3, -0.25) is 10.1 Å². The third-order valence-electron chi connectivity index (χ3n) is 3.05. The number of methoxy groups -OCH3 is 1. The van der Waals surface area contributed by atoms with Crippen LogP contribution in [0.4, 0.5) is 11.4 Å². The van der Waals surface area contributed by atoms with Gasteiger partial charge in [-0.25, -0.2) is 0 Å². The van der Waals surface area contributed by atoms with Gasteiger partial charge in [0.05, 0.1) is 12.0 Å². The second kappa shape index (κ2) is 5.96. The van der Waals surface area contributed by atoms with E-state index in [0.29, 0.717) is 17.9 Å². The average Bonchev–Trinajstić information content (AvgIpc) is 2.85. The van der Waals surface area contributed by atoms with Crippen LogP contribution in [0.15, 0.2) is 30.5 Å². The highest BCUT2D eigenvalue weighted by Gasteiger charge is 2.15. The molecule has 0 saturated carbocycles. The van der Waals surface area contributed by atoms with Crippen molar-refractivity contribution < 1.29 is 9.66 Å². The summed E-state index contributed by atoms with van der Waals surface area (Å²) in [6, 6.07) is 8.53. The SMILES string of the molecule is COc1ccc(NCc2cc(C#N)n(C)c2)cc1[N+](=O)[O-]. The van der Waals surface area contributed by atoms with E-state index in [2.05, 4.69) is 11.4 Å². The summed E-state index contributed by atoms with van der Waals surface area (Å²) in [5.41, 5.74) is 2.01. The first-order valence-corrected chi connectivity index (χ1v) is 6.16. The number of aryl methyl sites for hydroxylation is 1. The van der Waals surface area contributed by atoms with Crippen molar-refractivity contribution in [1.29, 1.82) is 5.26 Å². The molecule has 7 nitrogen and oxygen atoms in total. The maximum Gasteiger partial charge on any atom is 0.312 e. The number of ether oxygens (including phenoxy) is 1. The molecule has 1 N–H and O–H groups in total. The number of nitriles is 1. The molecule has 0 unspecified atom stereocenters. The number of hydrogen-bond acceptors (Lipinski definition) is 5. The van der Waals surface area contributed by atoms with Crippen molar-refractivity contribution in [2.75, 3.05) is 12.4 Å². The van der Waals surface area contributed by atoms with Gasteiger partial charge in [0.1, 0.15) is 11.8 Å². The molecule has 7 heteroatoms. The summed E-state index contributed by atoms with van der Waals surface area (Å²) >= 11 is 0. The molecule has 1 heterocycles. The van der Waals surface area contributed by atoms with E-state index in [-0.39, 0.29) is 11.4 Å². The Morgan fingerprint density at radius 2 is 2.24 bits per heavy atom. The minimum absolute atomic E-state index is 0.0896. The summed E-state index contributed by atoms with van der Waals surface area (Å²) in [6.45, 7) is 0.471. The predicted molar refractivity (Wildman–Crippen MR) is 77.1 cm³/mol. The van der Waals surface area contributed by atoms with Crippen LogP contribution < -0.4 is 10.1 Å². The molecule has 0 amide bonds. The highest BCUT2D eigenvalue weighted by Crippen LogP contribution is 2.29. The number of aromatic nitrogens is 1. The molecule has 0 aliphatic rings. The number of benzene rings is 1. The molecule has 1 aromatic carbocycles. The third-order valence-corrected chi connectivity index (χ3v) is 3.05. The molecule has 1 aromatic heterocycles. The lowest BCUT2D eigenvalue weighted by Crippen LogP contribution is -2.00. The first kappa shape index (κ1) is 14.4. The number of rotatable bonds is 5.